The summed E-state index contributed by atoms with van der Waals surface area (Å²) in [5, 5.41) is 3.41. The van der Waals surface area contributed by atoms with Gasteiger partial charge in [0.1, 0.15) is 12.4 Å². The van der Waals surface area contributed by atoms with Crippen LogP contribution in [0, 0.1) is 13.8 Å². The van der Waals surface area contributed by atoms with Crippen LogP contribution in [0.3, 0.4) is 0 Å². The third kappa shape index (κ3) is 4.23. The number of benzene rings is 1. The molecule has 0 spiro atoms. The molecule has 1 rings (SSSR count). The van der Waals surface area contributed by atoms with Crippen molar-refractivity contribution in [3.63, 3.8) is 0 Å². The molecule has 0 amide bonds. The van der Waals surface area contributed by atoms with E-state index < -0.39 is 0 Å². The maximum atomic E-state index is 5.66. The number of ether oxygens (including phenoxy) is 1. The van der Waals surface area contributed by atoms with Crippen LogP contribution in [0.5, 0.6) is 5.75 Å². The fourth-order valence-corrected chi connectivity index (χ4v) is 1.92. The van der Waals surface area contributed by atoms with Crippen LogP contribution in [0.4, 0.5) is 0 Å². The molecule has 94 valence electrons. The second-order valence-corrected chi connectivity index (χ2v) is 4.34. The minimum absolute atomic E-state index is 0.565. The monoisotopic (exact) mass is 233 g/mol. The molecule has 0 bridgehead atoms. The summed E-state index contributed by atoms with van der Waals surface area (Å²) < 4.78 is 5.66. The number of hydrogen-bond acceptors (Lipinski definition) is 2. The normalized spacial score (nSPS) is 10.3. The zero-order valence-electron chi connectivity index (χ0n) is 11.2. The summed E-state index contributed by atoms with van der Waals surface area (Å²) in [6, 6.07) is 4.38. The van der Waals surface area contributed by atoms with Crippen LogP contribution < -0.4 is 10.1 Å². The van der Waals surface area contributed by atoms with Gasteiger partial charge in [0.25, 0.3) is 0 Å². The largest absolute Gasteiger partial charge is 0.489 e. The van der Waals surface area contributed by atoms with Gasteiger partial charge in [-0.1, -0.05) is 31.7 Å². The van der Waals surface area contributed by atoms with Crippen LogP contribution in [0.15, 0.2) is 24.8 Å². The number of rotatable bonds is 7. The van der Waals surface area contributed by atoms with Gasteiger partial charge in [0, 0.05) is 6.54 Å². The molecule has 2 heteroatoms. The summed E-state index contributed by atoms with van der Waals surface area (Å²) in [6.45, 7) is 12.6. The molecule has 0 fully saturated rings. The first-order valence-corrected chi connectivity index (χ1v) is 6.23. The Morgan fingerprint density at radius 3 is 2.47 bits per heavy atom. The smallest absolute Gasteiger partial charge is 0.125 e. The second-order valence-electron chi connectivity index (χ2n) is 4.34. The van der Waals surface area contributed by atoms with E-state index in [4.69, 9.17) is 4.74 Å². The van der Waals surface area contributed by atoms with Crippen molar-refractivity contribution in [3.8, 4) is 5.75 Å². The third-order valence-electron chi connectivity index (χ3n) is 2.62. The Kier molecular flexibility index (Phi) is 5.78. The van der Waals surface area contributed by atoms with E-state index in [1.807, 2.05) is 0 Å². The quantitative estimate of drug-likeness (QED) is 0.576. The lowest BCUT2D eigenvalue weighted by atomic mass is 10.1. The van der Waals surface area contributed by atoms with Gasteiger partial charge in [-0.25, -0.2) is 0 Å². The standard InChI is InChI=1S/C15H23NO/c1-5-7-16-11-14-9-12(3)15(13(4)10-14)17-8-6-2/h6,9-10,16H,2,5,7-8,11H2,1,3-4H3. The highest BCUT2D eigenvalue weighted by atomic mass is 16.5. The van der Waals surface area contributed by atoms with E-state index in [2.05, 4.69) is 44.8 Å². The first-order chi connectivity index (χ1) is 8.19. The summed E-state index contributed by atoms with van der Waals surface area (Å²) in [6.07, 6.45) is 2.94. The summed E-state index contributed by atoms with van der Waals surface area (Å²) >= 11 is 0. The minimum Gasteiger partial charge on any atom is -0.489 e. The molecule has 0 saturated heterocycles. The molecule has 2 nitrogen and oxygen atoms in total. The van der Waals surface area contributed by atoms with Gasteiger partial charge in [-0.15, -0.1) is 0 Å². The lowest BCUT2D eigenvalue weighted by molar-refractivity contribution is 0.358. The Balaban J connectivity index is 2.74. The average Bonchev–Trinajstić information content (AvgIpc) is 2.28. The van der Waals surface area contributed by atoms with Crippen molar-refractivity contribution in [3.05, 3.63) is 41.5 Å². The highest BCUT2D eigenvalue weighted by molar-refractivity contribution is 5.43. The van der Waals surface area contributed by atoms with E-state index in [1.165, 1.54) is 23.1 Å². The molecule has 1 aromatic carbocycles. The van der Waals surface area contributed by atoms with Gasteiger partial charge >= 0.3 is 0 Å². The van der Waals surface area contributed by atoms with Crippen LogP contribution in [0.25, 0.3) is 0 Å². The van der Waals surface area contributed by atoms with Crippen LogP contribution in [0.2, 0.25) is 0 Å². The molecule has 0 radical (unpaired) electrons. The molecule has 17 heavy (non-hydrogen) atoms. The molecule has 0 aromatic heterocycles. The molecule has 0 aliphatic rings. The Morgan fingerprint density at radius 2 is 1.94 bits per heavy atom. The molecule has 1 aromatic rings. The SMILES string of the molecule is C=CCOc1c(C)cc(CNCCC)cc1C. The molecule has 0 atom stereocenters. The highest BCUT2D eigenvalue weighted by Crippen LogP contribution is 2.24. The average molecular weight is 233 g/mol. The third-order valence-corrected chi connectivity index (χ3v) is 2.62. The lowest BCUT2D eigenvalue weighted by Crippen LogP contribution is -2.14. The van der Waals surface area contributed by atoms with E-state index in [0.717, 1.165) is 18.8 Å². The molecule has 0 aliphatic carbocycles. The molecule has 1 N–H and O–H groups in total. The Bertz CT molecular complexity index is 348. The summed E-state index contributed by atoms with van der Waals surface area (Å²) in [7, 11) is 0. The molecule has 0 saturated carbocycles. The maximum Gasteiger partial charge on any atom is 0.125 e. The van der Waals surface area contributed by atoms with Gasteiger partial charge in [0.05, 0.1) is 0 Å². The van der Waals surface area contributed by atoms with Crippen LogP contribution in [-0.4, -0.2) is 13.2 Å². The van der Waals surface area contributed by atoms with Crippen molar-refractivity contribution in [1.82, 2.24) is 5.32 Å². The van der Waals surface area contributed by atoms with E-state index >= 15 is 0 Å². The maximum absolute atomic E-state index is 5.66. The topological polar surface area (TPSA) is 21.3 Å². The van der Waals surface area contributed by atoms with Crippen molar-refractivity contribution in [2.75, 3.05) is 13.2 Å². The summed E-state index contributed by atoms with van der Waals surface area (Å²) in [4.78, 5) is 0. The lowest BCUT2D eigenvalue weighted by Gasteiger charge is -2.13. The first-order valence-electron chi connectivity index (χ1n) is 6.23. The van der Waals surface area contributed by atoms with Crippen LogP contribution in [0.1, 0.15) is 30.0 Å². The summed E-state index contributed by atoms with van der Waals surface area (Å²) in [5.41, 5.74) is 3.71. The fourth-order valence-electron chi connectivity index (χ4n) is 1.92. The molecule has 0 aliphatic heterocycles. The van der Waals surface area contributed by atoms with Gasteiger partial charge in [0.2, 0.25) is 0 Å². The Morgan fingerprint density at radius 1 is 1.29 bits per heavy atom. The molecule has 0 unspecified atom stereocenters. The first kappa shape index (κ1) is 13.8. The predicted octanol–water partition coefficient (Wildman–Crippen LogP) is 3.37. The highest BCUT2D eigenvalue weighted by Gasteiger charge is 2.05. The van der Waals surface area contributed by atoms with E-state index in [0.29, 0.717) is 6.61 Å². The van der Waals surface area contributed by atoms with Gasteiger partial charge < -0.3 is 10.1 Å². The van der Waals surface area contributed by atoms with Gasteiger partial charge in [-0.3, -0.25) is 0 Å². The predicted molar refractivity (Wildman–Crippen MR) is 73.6 cm³/mol. The van der Waals surface area contributed by atoms with E-state index in [1.54, 1.807) is 6.08 Å². The van der Waals surface area contributed by atoms with Crippen LogP contribution in [-0.2, 0) is 6.54 Å². The van der Waals surface area contributed by atoms with Crippen molar-refractivity contribution in [2.45, 2.75) is 33.7 Å². The van der Waals surface area contributed by atoms with Crippen molar-refractivity contribution >= 4 is 0 Å². The number of aryl methyl sites for hydroxylation is 2. The van der Waals surface area contributed by atoms with E-state index in [-0.39, 0.29) is 0 Å². The van der Waals surface area contributed by atoms with Crippen LogP contribution >= 0.6 is 0 Å². The minimum atomic E-state index is 0.565. The zero-order valence-corrected chi connectivity index (χ0v) is 11.2. The number of nitrogens with one attached hydrogen (secondary N) is 1. The summed E-state index contributed by atoms with van der Waals surface area (Å²) in [5.74, 6) is 0.990. The van der Waals surface area contributed by atoms with Crippen molar-refractivity contribution in [2.24, 2.45) is 0 Å². The Hall–Kier alpha value is -1.28. The van der Waals surface area contributed by atoms with Crippen molar-refractivity contribution < 1.29 is 4.74 Å². The number of hydrogen-bond donors (Lipinski definition) is 1. The van der Waals surface area contributed by atoms with Gasteiger partial charge in [0.15, 0.2) is 0 Å². The van der Waals surface area contributed by atoms with Gasteiger partial charge in [-0.2, -0.15) is 0 Å². The molecule has 0 heterocycles. The molecular formula is C15H23NO. The Labute approximate surface area is 105 Å². The zero-order chi connectivity index (χ0) is 12.7. The van der Waals surface area contributed by atoms with Gasteiger partial charge in [-0.05, 0) is 43.5 Å². The second kappa shape index (κ2) is 7.13. The van der Waals surface area contributed by atoms with Crippen molar-refractivity contribution in [1.29, 1.82) is 0 Å². The fraction of sp³-hybridized carbons (Fsp3) is 0.467. The molecular weight excluding hydrogens is 210 g/mol. The van der Waals surface area contributed by atoms with E-state index in [9.17, 15) is 0 Å².